The van der Waals surface area contributed by atoms with Crippen LogP contribution >= 0.6 is 12.2 Å². The highest BCUT2D eigenvalue weighted by atomic mass is 32.1. The first-order valence-electron chi connectivity index (χ1n) is 7.79. The fourth-order valence-corrected chi connectivity index (χ4v) is 3.65. The second kappa shape index (κ2) is 5.70. The summed E-state index contributed by atoms with van der Waals surface area (Å²) in [7, 11) is 1.70. The van der Waals surface area contributed by atoms with Gasteiger partial charge in [-0.15, -0.1) is 0 Å². The summed E-state index contributed by atoms with van der Waals surface area (Å²) in [6.45, 7) is 0. The van der Waals surface area contributed by atoms with Gasteiger partial charge >= 0.3 is 0 Å². The van der Waals surface area contributed by atoms with E-state index in [-0.39, 0.29) is 6.04 Å². The Kier molecular flexibility index (Phi) is 3.54. The van der Waals surface area contributed by atoms with E-state index in [1.54, 1.807) is 7.11 Å². The van der Waals surface area contributed by atoms with Gasteiger partial charge < -0.3 is 15.4 Å². The number of ether oxygens (including phenoxy) is 1. The summed E-state index contributed by atoms with van der Waals surface area (Å²) in [4.78, 5) is 0. The zero-order valence-electron chi connectivity index (χ0n) is 12.9. The first-order valence-corrected chi connectivity index (χ1v) is 8.20. The van der Waals surface area contributed by atoms with Crippen molar-refractivity contribution in [3.05, 3.63) is 70.8 Å². The van der Waals surface area contributed by atoms with Crippen LogP contribution in [0.2, 0.25) is 0 Å². The Balaban J connectivity index is 1.85. The molecular formula is C19H18N2OS. The van der Waals surface area contributed by atoms with Crippen molar-refractivity contribution in [2.75, 3.05) is 7.11 Å². The Morgan fingerprint density at radius 1 is 1.09 bits per heavy atom. The summed E-state index contributed by atoms with van der Waals surface area (Å²) in [5.74, 6) is 0.875. The highest BCUT2D eigenvalue weighted by Crippen LogP contribution is 2.39. The highest BCUT2D eigenvalue weighted by Gasteiger charge is 2.30. The van der Waals surface area contributed by atoms with E-state index in [2.05, 4.69) is 47.0 Å². The van der Waals surface area contributed by atoms with E-state index in [1.807, 2.05) is 12.1 Å². The molecule has 2 aromatic carbocycles. The minimum atomic E-state index is 0.138. The predicted octanol–water partition coefficient (Wildman–Crippen LogP) is 3.57. The molecule has 0 saturated heterocycles. The van der Waals surface area contributed by atoms with Gasteiger partial charge in [-0.3, -0.25) is 0 Å². The SMILES string of the molecule is COc1ccc2c(c1)C1=C(CC2)[C@@H](c2ccccc2)NC(=S)N1. The second-order valence-corrected chi connectivity index (χ2v) is 6.27. The van der Waals surface area contributed by atoms with Crippen molar-refractivity contribution in [2.45, 2.75) is 18.9 Å². The molecule has 1 aliphatic heterocycles. The maximum atomic E-state index is 5.45. The van der Waals surface area contributed by atoms with Gasteiger partial charge in [0.15, 0.2) is 5.11 Å². The molecule has 3 nitrogen and oxygen atoms in total. The first kappa shape index (κ1) is 14.3. The topological polar surface area (TPSA) is 33.3 Å². The molecule has 116 valence electrons. The number of fused-ring (bicyclic) bond motifs is 2. The van der Waals surface area contributed by atoms with E-state index in [9.17, 15) is 0 Å². The summed E-state index contributed by atoms with van der Waals surface area (Å²) >= 11 is 5.45. The number of thiocarbonyl (C=S) groups is 1. The molecule has 0 saturated carbocycles. The zero-order valence-corrected chi connectivity index (χ0v) is 13.7. The van der Waals surface area contributed by atoms with Gasteiger partial charge in [0.2, 0.25) is 0 Å². The van der Waals surface area contributed by atoms with Crippen LogP contribution in [-0.2, 0) is 6.42 Å². The van der Waals surface area contributed by atoms with Crippen LogP contribution in [0.4, 0.5) is 0 Å². The van der Waals surface area contributed by atoms with Gasteiger partial charge in [0.05, 0.1) is 13.2 Å². The van der Waals surface area contributed by atoms with Gasteiger partial charge in [-0.2, -0.15) is 0 Å². The number of rotatable bonds is 2. The third-order valence-corrected chi connectivity index (χ3v) is 4.79. The molecule has 4 heteroatoms. The third kappa shape index (κ3) is 2.49. The van der Waals surface area contributed by atoms with Gasteiger partial charge in [-0.25, -0.2) is 0 Å². The number of benzene rings is 2. The lowest BCUT2D eigenvalue weighted by atomic mass is 9.83. The second-order valence-electron chi connectivity index (χ2n) is 5.87. The molecule has 0 aromatic heterocycles. The Hall–Kier alpha value is -2.33. The minimum absolute atomic E-state index is 0.138. The highest BCUT2D eigenvalue weighted by molar-refractivity contribution is 7.80. The van der Waals surface area contributed by atoms with Gasteiger partial charge in [-0.05, 0) is 53.9 Å². The van der Waals surface area contributed by atoms with Crippen LogP contribution in [0.5, 0.6) is 5.75 Å². The van der Waals surface area contributed by atoms with Crippen molar-refractivity contribution in [3.8, 4) is 5.75 Å². The average Bonchev–Trinajstić information content (AvgIpc) is 2.61. The van der Waals surface area contributed by atoms with Crippen LogP contribution in [0.25, 0.3) is 5.70 Å². The van der Waals surface area contributed by atoms with E-state index in [1.165, 1.54) is 22.3 Å². The number of nitrogens with one attached hydrogen (secondary N) is 2. The molecule has 2 N–H and O–H groups in total. The molecule has 0 amide bonds. The largest absolute Gasteiger partial charge is 0.497 e. The lowest BCUT2D eigenvalue weighted by Gasteiger charge is -2.35. The van der Waals surface area contributed by atoms with Gasteiger partial charge in [-0.1, -0.05) is 36.4 Å². The van der Waals surface area contributed by atoms with Crippen LogP contribution < -0.4 is 15.4 Å². The monoisotopic (exact) mass is 322 g/mol. The number of hydrogen-bond donors (Lipinski definition) is 2. The van der Waals surface area contributed by atoms with Gasteiger partial charge in [0.1, 0.15) is 5.75 Å². The minimum Gasteiger partial charge on any atom is -0.497 e. The van der Waals surface area contributed by atoms with Crippen molar-refractivity contribution >= 4 is 23.0 Å². The van der Waals surface area contributed by atoms with Gasteiger partial charge in [0, 0.05) is 11.3 Å². The predicted molar refractivity (Wildman–Crippen MR) is 96.3 cm³/mol. The average molecular weight is 322 g/mol. The summed E-state index contributed by atoms with van der Waals surface area (Å²) in [6, 6.07) is 16.9. The molecule has 0 unspecified atom stereocenters. The molecule has 4 rings (SSSR count). The molecule has 0 fully saturated rings. The maximum absolute atomic E-state index is 5.45. The van der Waals surface area contributed by atoms with E-state index in [0.29, 0.717) is 5.11 Å². The number of aryl methyl sites for hydroxylation is 1. The Morgan fingerprint density at radius 2 is 1.91 bits per heavy atom. The maximum Gasteiger partial charge on any atom is 0.171 e. The van der Waals surface area contributed by atoms with Crippen LogP contribution in [0, 0.1) is 0 Å². The van der Waals surface area contributed by atoms with Gasteiger partial charge in [0.25, 0.3) is 0 Å². The van der Waals surface area contributed by atoms with Crippen molar-refractivity contribution in [3.63, 3.8) is 0 Å². The van der Waals surface area contributed by atoms with Crippen LogP contribution in [-0.4, -0.2) is 12.2 Å². The number of hydrogen-bond acceptors (Lipinski definition) is 2. The van der Waals surface area contributed by atoms with E-state index < -0.39 is 0 Å². The molecule has 1 aliphatic carbocycles. The first-order chi connectivity index (χ1) is 11.3. The summed E-state index contributed by atoms with van der Waals surface area (Å²) in [6.07, 6.45) is 2.06. The lowest BCUT2D eigenvalue weighted by Crippen LogP contribution is -2.44. The van der Waals surface area contributed by atoms with E-state index >= 15 is 0 Å². The summed E-state index contributed by atoms with van der Waals surface area (Å²) in [5, 5.41) is 7.47. The standard InChI is InChI=1S/C19H18N2OS/c1-22-14-9-7-12-8-10-15-17(13-5-3-2-4-6-13)20-19(23)21-18(15)16(12)11-14/h2-7,9,11,17H,8,10H2,1H3,(H2,20,21,23)/t17-/m1/s1. The summed E-state index contributed by atoms with van der Waals surface area (Å²) < 4.78 is 5.40. The fraction of sp³-hybridized carbons (Fsp3) is 0.211. The quantitative estimate of drug-likeness (QED) is 0.828. The molecule has 2 aromatic rings. The smallest absolute Gasteiger partial charge is 0.171 e. The molecule has 0 radical (unpaired) electrons. The van der Waals surface area contributed by atoms with Crippen LogP contribution in [0.3, 0.4) is 0 Å². The molecule has 0 bridgehead atoms. The Labute approximate surface area is 141 Å². The van der Waals surface area contributed by atoms with Crippen LogP contribution in [0.15, 0.2) is 54.1 Å². The summed E-state index contributed by atoms with van der Waals surface area (Å²) in [5.41, 5.74) is 6.30. The normalized spacial score (nSPS) is 19.3. The Bertz CT molecular complexity index is 798. The number of methoxy groups -OCH3 is 1. The lowest BCUT2D eigenvalue weighted by molar-refractivity contribution is 0.414. The third-order valence-electron chi connectivity index (χ3n) is 4.57. The molecule has 2 aliphatic rings. The van der Waals surface area contributed by atoms with Crippen molar-refractivity contribution < 1.29 is 4.74 Å². The van der Waals surface area contributed by atoms with Crippen molar-refractivity contribution in [1.82, 2.24) is 10.6 Å². The molecule has 1 atom stereocenters. The molecule has 23 heavy (non-hydrogen) atoms. The van der Waals surface area contributed by atoms with E-state index in [4.69, 9.17) is 17.0 Å². The van der Waals surface area contributed by atoms with E-state index in [0.717, 1.165) is 24.3 Å². The molecular weight excluding hydrogens is 304 g/mol. The molecule has 0 spiro atoms. The van der Waals surface area contributed by atoms with Crippen molar-refractivity contribution in [2.24, 2.45) is 0 Å². The zero-order chi connectivity index (χ0) is 15.8. The van der Waals surface area contributed by atoms with Crippen molar-refractivity contribution in [1.29, 1.82) is 0 Å². The van der Waals surface area contributed by atoms with Crippen LogP contribution in [0.1, 0.15) is 29.2 Å². The fourth-order valence-electron chi connectivity index (χ4n) is 3.43. The molecule has 1 heterocycles. The Morgan fingerprint density at radius 3 is 2.70 bits per heavy atom.